The number of carbonyl (C=O) groups excluding carboxylic acids is 1. The molecule has 0 aliphatic carbocycles. The zero-order valence-corrected chi connectivity index (χ0v) is 18.6. The molecule has 7 nitrogen and oxygen atoms in total. The molecule has 1 aromatic heterocycles. The third kappa shape index (κ3) is 5.70. The van der Waals surface area contributed by atoms with E-state index < -0.39 is 0 Å². The number of nitrogens with one attached hydrogen (secondary N) is 1. The lowest BCUT2D eigenvalue weighted by Gasteiger charge is -2.17. The van der Waals surface area contributed by atoms with Gasteiger partial charge in [-0.05, 0) is 50.6 Å². The largest absolute Gasteiger partial charge is 0.490 e. The molecule has 1 N–H and O–H groups in total. The van der Waals surface area contributed by atoms with Gasteiger partial charge in [-0.3, -0.25) is 4.79 Å². The van der Waals surface area contributed by atoms with Crippen molar-refractivity contribution in [2.45, 2.75) is 27.3 Å². The van der Waals surface area contributed by atoms with Gasteiger partial charge < -0.3 is 19.5 Å². The molecule has 8 heteroatoms. The minimum atomic E-state index is -0.308. The van der Waals surface area contributed by atoms with Gasteiger partial charge in [-0.25, -0.2) is 4.68 Å². The van der Waals surface area contributed by atoms with E-state index in [0.717, 1.165) is 5.56 Å². The SMILES string of the molecule is CCOc1cc(C(=O)Nc2ccnn2Cc2cccc(Cl)c2)cc(OCC)c1OCC. The normalized spacial score (nSPS) is 10.6. The lowest BCUT2D eigenvalue weighted by molar-refractivity contribution is 0.102. The number of rotatable bonds is 10. The number of anilines is 1. The van der Waals surface area contributed by atoms with E-state index >= 15 is 0 Å². The van der Waals surface area contributed by atoms with Crippen LogP contribution in [0.1, 0.15) is 36.7 Å². The fourth-order valence-electron chi connectivity index (χ4n) is 3.08. The second-order valence-electron chi connectivity index (χ2n) is 6.56. The first kappa shape index (κ1) is 22.5. The molecule has 31 heavy (non-hydrogen) atoms. The highest BCUT2D eigenvalue weighted by molar-refractivity contribution is 6.30. The molecule has 2 aromatic carbocycles. The van der Waals surface area contributed by atoms with Crippen LogP contribution in [0, 0.1) is 0 Å². The first-order valence-electron chi connectivity index (χ1n) is 10.2. The number of aromatic nitrogens is 2. The summed E-state index contributed by atoms with van der Waals surface area (Å²) in [5.74, 6) is 1.68. The number of ether oxygens (including phenoxy) is 3. The lowest BCUT2D eigenvalue weighted by atomic mass is 10.1. The molecule has 1 amide bonds. The summed E-state index contributed by atoms with van der Waals surface area (Å²) in [7, 11) is 0. The monoisotopic (exact) mass is 443 g/mol. The Morgan fingerprint density at radius 1 is 1.00 bits per heavy atom. The smallest absolute Gasteiger partial charge is 0.257 e. The van der Waals surface area contributed by atoms with Crippen molar-refractivity contribution in [1.82, 2.24) is 9.78 Å². The van der Waals surface area contributed by atoms with Crippen LogP contribution in [-0.2, 0) is 6.54 Å². The molecule has 3 aromatic rings. The fraction of sp³-hybridized carbons (Fsp3) is 0.304. The minimum absolute atomic E-state index is 0.308. The average Bonchev–Trinajstić information content (AvgIpc) is 3.17. The van der Waals surface area contributed by atoms with Gasteiger partial charge in [-0.2, -0.15) is 5.10 Å². The van der Waals surface area contributed by atoms with Crippen LogP contribution in [-0.4, -0.2) is 35.5 Å². The van der Waals surface area contributed by atoms with E-state index in [1.54, 1.807) is 29.1 Å². The summed E-state index contributed by atoms with van der Waals surface area (Å²) in [5, 5.41) is 7.87. The van der Waals surface area contributed by atoms with Crippen molar-refractivity contribution in [2.75, 3.05) is 25.1 Å². The van der Waals surface area contributed by atoms with Crippen LogP contribution in [0.4, 0.5) is 5.82 Å². The van der Waals surface area contributed by atoms with Crippen molar-refractivity contribution in [3.8, 4) is 17.2 Å². The molecule has 3 rings (SSSR count). The number of hydrogen-bond donors (Lipinski definition) is 1. The predicted molar refractivity (Wildman–Crippen MR) is 121 cm³/mol. The van der Waals surface area contributed by atoms with Crippen molar-refractivity contribution in [3.05, 3.63) is 64.8 Å². The maximum Gasteiger partial charge on any atom is 0.257 e. The Morgan fingerprint density at radius 3 is 2.29 bits per heavy atom. The first-order valence-corrected chi connectivity index (χ1v) is 10.6. The van der Waals surface area contributed by atoms with Crippen LogP contribution in [0.3, 0.4) is 0 Å². The van der Waals surface area contributed by atoms with Gasteiger partial charge in [-0.15, -0.1) is 0 Å². The second kappa shape index (κ2) is 10.7. The van der Waals surface area contributed by atoms with Gasteiger partial charge in [0.15, 0.2) is 11.5 Å². The van der Waals surface area contributed by atoms with Crippen LogP contribution < -0.4 is 19.5 Å². The van der Waals surface area contributed by atoms with Crippen molar-refractivity contribution >= 4 is 23.3 Å². The Labute approximate surface area is 186 Å². The summed E-state index contributed by atoms with van der Waals surface area (Å²) in [6.07, 6.45) is 1.63. The molecule has 0 aliphatic rings. The van der Waals surface area contributed by atoms with E-state index in [1.807, 2.05) is 45.0 Å². The number of nitrogens with zero attached hydrogens (tertiary/aromatic N) is 2. The highest BCUT2D eigenvalue weighted by Gasteiger charge is 2.19. The molecule has 0 unspecified atom stereocenters. The maximum absolute atomic E-state index is 13.0. The maximum atomic E-state index is 13.0. The van der Waals surface area contributed by atoms with Crippen LogP contribution >= 0.6 is 11.6 Å². The molecular weight excluding hydrogens is 418 g/mol. The third-order valence-corrected chi connectivity index (χ3v) is 4.59. The topological polar surface area (TPSA) is 74.6 Å². The van der Waals surface area contributed by atoms with Crippen molar-refractivity contribution < 1.29 is 19.0 Å². The summed E-state index contributed by atoms with van der Waals surface area (Å²) in [4.78, 5) is 13.0. The first-order chi connectivity index (χ1) is 15.0. The number of benzene rings is 2. The van der Waals surface area contributed by atoms with E-state index in [2.05, 4.69) is 10.4 Å². The standard InChI is InChI=1S/C23H26ClN3O4/c1-4-29-19-13-17(14-20(30-5-2)22(19)31-6-3)23(28)26-21-10-11-25-27(21)15-16-8-7-9-18(24)12-16/h7-14H,4-6,15H2,1-3H3,(H,26,28). The highest BCUT2D eigenvalue weighted by atomic mass is 35.5. The molecule has 0 aliphatic heterocycles. The molecule has 164 valence electrons. The highest BCUT2D eigenvalue weighted by Crippen LogP contribution is 2.39. The van der Waals surface area contributed by atoms with Gasteiger partial charge in [0.2, 0.25) is 5.75 Å². The number of halogens is 1. The van der Waals surface area contributed by atoms with E-state index in [0.29, 0.717) is 60.0 Å². The molecule has 0 bridgehead atoms. The van der Waals surface area contributed by atoms with E-state index in [-0.39, 0.29) is 5.91 Å². The van der Waals surface area contributed by atoms with Gasteiger partial charge in [0.25, 0.3) is 5.91 Å². The number of amides is 1. The average molecular weight is 444 g/mol. The summed E-state index contributed by atoms with van der Waals surface area (Å²) in [6.45, 7) is 7.42. The summed E-state index contributed by atoms with van der Waals surface area (Å²) < 4.78 is 18.8. The molecule has 0 fully saturated rings. The van der Waals surface area contributed by atoms with E-state index in [4.69, 9.17) is 25.8 Å². The Kier molecular flexibility index (Phi) is 7.78. The van der Waals surface area contributed by atoms with Crippen LogP contribution in [0.5, 0.6) is 17.2 Å². The van der Waals surface area contributed by atoms with Gasteiger partial charge >= 0.3 is 0 Å². The third-order valence-electron chi connectivity index (χ3n) is 4.35. The number of carbonyl (C=O) groups is 1. The molecule has 0 atom stereocenters. The molecule has 0 saturated heterocycles. The van der Waals surface area contributed by atoms with Gasteiger partial charge in [-0.1, -0.05) is 23.7 Å². The van der Waals surface area contributed by atoms with E-state index in [1.165, 1.54) is 0 Å². The molecular formula is C23H26ClN3O4. The van der Waals surface area contributed by atoms with Crippen LogP contribution in [0.2, 0.25) is 5.02 Å². The molecule has 0 spiro atoms. The fourth-order valence-corrected chi connectivity index (χ4v) is 3.29. The van der Waals surface area contributed by atoms with E-state index in [9.17, 15) is 4.79 Å². The number of hydrogen-bond acceptors (Lipinski definition) is 5. The Balaban J connectivity index is 1.86. The van der Waals surface area contributed by atoms with Crippen LogP contribution in [0.15, 0.2) is 48.7 Å². The van der Waals surface area contributed by atoms with Crippen LogP contribution in [0.25, 0.3) is 0 Å². The second-order valence-corrected chi connectivity index (χ2v) is 7.00. The molecule has 1 heterocycles. The van der Waals surface area contributed by atoms with Gasteiger partial charge in [0.05, 0.1) is 32.6 Å². The molecule has 0 saturated carbocycles. The summed E-state index contributed by atoms with van der Waals surface area (Å²) in [6, 6.07) is 12.6. The Hall–Kier alpha value is -3.19. The quantitative estimate of drug-likeness (QED) is 0.475. The zero-order chi connectivity index (χ0) is 22.2. The zero-order valence-electron chi connectivity index (χ0n) is 17.9. The van der Waals surface area contributed by atoms with Crippen molar-refractivity contribution in [1.29, 1.82) is 0 Å². The Bertz CT molecular complexity index is 1010. The van der Waals surface area contributed by atoms with Crippen molar-refractivity contribution in [2.24, 2.45) is 0 Å². The lowest BCUT2D eigenvalue weighted by Crippen LogP contribution is -2.17. The van der Waals surface area contributed by atoms with Gasteiger partial charge in [0.1, 0.15) is 5.82 Å². The van der Waals surface area contributed by atoms with Crippen molar-refractivity contribution in [3.63, 3.8) is 0 Å². The summed E-state index contributed by atoms with van der Waals surface area (Å²) in [5.41, 5.74) is 1.37. The van der Waals surface area contributed by atoms with Gasteiger partial charge in [0, 0.05) is 16.7 Å². The minimum Gasteiger partial charge on any atom is -0.490 e. The summed E-state index contributed by atoms with van der Waals surface area (Å²) >= 11 is 6.07. The Morgan fingerprint density at radius 2 is 1.68 bits per heavy atom. The predicted octanol–water partition coefficient (Wildman–Crippen LogP) is 5.03. The molecule has 0 radical (unpaired) electrons.